The summed E-state index contributed by atoms with van der Waals surface area (Å²) in [5.41, 5.74) is 1.34. The van der Waals surface area contributed by atoms with E-state index < -0.39 is 0 Å². The standard InChI is InChI=1S/C6H7.C4H9.Ti/c1-6-4-2-3-5-6;1-3-4-2;/h4-5H,2H2,1H3;1,3-4H2,2H3;/q2*-1;+2. The van der Waals surface area contributed by atoms with Gasteiger partial charge in [-0.2, -0.15) is 12.5 Å². The summed E-state index contributed by atoms with van der Waals surface area (Å²) >= 11 is 0. The first-order valence-electron chi connectivity index (χ1n) is 3.83. The third-order valence-electron chi connectivity index (χ3n) is 1.23. The van der Waals surface area contributed by atoms with Crippen LogP contribution < -0.4 is 0 Å². The van der Waals surface area contributed by atoms with Gasteiger partial charge in [0.05, 0.1) is 0 Å². The normalized spacial score (nSPS) is 12.8. The van der Waals surface area contributed by atoms with Crippen LogP contribution in [0.2, 0.25) is 0 Å². The van der Waals surface area contributed by atoms with Crippen LogP contribution in [0.5, 0.6) is 0 Å². The van der Waals surface area contributed by atoms with Crippen LogP contribution in [0.1, 0.15) is 33.1 Å². The second-order valence-corrected chi connectivity index (χ2v) is 2.35. The molecule has 11 heavy (non-hydrogen) atoms. The molecule has 0 saturated carbocycles. The molecular weight excluding hydrogens is 168 g/mol. The Kier molecular flexibility index (Phi) is 12.8. The summed E-state index contributed by atoms with van der Waals surface area (Å²) in [4.78, 5) is 0. The van der Waals surface area contributed by atoms with Gasteiger partial charge in [0, 0.05) is 0 Å². The molecule has 0 heterocycles. The van der Waals surface area contributed by atoms with E-state index >= 15 is 0 Å². The molecule has 1 heteroatoms. The fraction of sp³-hybridized carbons (Fsp3) is 0.500. The van der Waals surface area contributed by atoms with Gasteiger partial charge in [0.25, 0.3) is 0 Å². The van der Waals surface area contributed by atoms with Crippen molar-refractivity contribution < 1.29 is 21.7 Å². The van der Waals surface area contributed by atoms with E-state index in [1.165, 1.54) is 12.0 Å². The zero-order chi connectivity index (χ0) is 7.82. The number of unbranched alkanes of at least 4 members (excludes halogenated alkanes) is 1. The number of hydrogen-bond donors (Lipinski definition) is 0. The quantitative estimate of drug-likeness (QED) is 0.433. The molecule has 0 bridgehead atoms. The largest absolute Gasteiger partial charge is 2.00 e. The van der Waals surface area contributed by atoms with Gasteiger partial charge in [0.1, 0.15) is 0 Å². The van der Waals surface area contributed by atoms with E-state index in [1.807, 2.05) is 6.08 Å². The molecule has 0 aliphatic heterocycles. The smallest absolute Gasteiger partial charge is 0.343 e. The minimum absolute atomic E-state index is 0. The second-order valence-electron chi connectivity index (χ2n) is 2.35. The first-order valence-corrected chi connectivity index (χ1v) is 3.83. The maximum atomic E-state index is 3.60. The molecule has 0 radical (unpaired) electrons. The van der Waals surface area contributed by atoms with Crippen LogP contribution in [0.25, 0.3) is 0 Å². The molecule has 1 aliphatic rings. The van der Waals surface area contributed by atoms with E-state index in [2.05, 4.69) is 32.9 Å². The zero-order valence-corrected chi connectivity index (χ0v) is 9.04. The van der Waals surface area contributed by atoms with E-state index in [0.29, 0.717) is 0 Å². The fourth-order valence-corrected chi connectivity index (χ4v) is 0.499. The molecule has 0 atom stereocenters. The molecule has 1 aliphatic carbocycles. The van der Waals surface area contributed by atoms with E-state index in [1.54, 1.807) is 0 Å². The summed E-state index contributed by atoms with van der Waals surface area (Å²) in [7, 11) is 0. The van der Waals surface area contributed by atoms with Gasteiger partial charge < -0.3 is 6.92 Å². The molecule has 0 aromatic rings. The molecule has 0 spiro atoms. The maximum Gasteiger partial charge on any atom is 2.00 e. The predicted molar refractivity (Wildman–Crippen MR) is 46.5 cm³/mol. The van der Waals surface area contributed by atoms with Crippen molar-refractivity contribution in [3.05, 3.63) is 30.7 Å². The van der Waals surface area contributed by atoms with Gasteiger partial charge in [0.2, 0.25) is 0 Å². The number of rotatable bonds is 1. The zero-order valence-electron chi connectivity index (χ0n) is 7.48. The van der Waals surface area contributed by atoms with Gasteiger partial charge >= 0.3 is 21.7 Å². The van der Waals surface area contributed by atoms with Gasteiger partial charge in [-0.1, -0.05) is 13.3 Å². The van der Waals surface area contributed by atoms with Crippen molar-refractivity contribution in [2.75, 3.05) is 0 Å². The molecule has 0 unspecified atom stereocenters. The Morgan fingerprint density at radius 2 is 2.18 bits per heavy atom. The van der Waals surface area contributed by atoms with Gasteiger partial charge in [0.15, 0.2) is 0 Å². The molecule has 0 fully saturated rings. The summed E-state index contributed by atoms with van der Waals surface area (Å²) < 4.78 is 0. The summed E-state index contributed by atoms with van der Waals surface area (Å²) in [5.74, 6) is 0. The van der Waals surface area contributed by atoms with E-state index in [0.717, 1.165) is 12.8 Å². The third-order valence-corrected chi connectivity index (χ3v) is 1.23. The number of allylic oxidation sites excluding steroid dienone is 4. The summed E-state index contributed by atoms with van der Waals surface area (Å²) in [5, 5.41) is 0. The fourth-order valence-electron chi connectivity index (χ4n) is 0.499. The summed E-state index contributed by atoms with van der Waals surface area (Å²) in [6, 6.07) is 0. The number of hydrogen-bond acceptors (Lipinski definition) is 0. The van der Waals surface area contributed by atoms with E-state index in [9.17, 15) is 0 Å². The van der Waals surface area contributed by atoms with Crippen molar-refractivity contribution in [3.63, 3.8) is 0 Å². The van der Waals surface area contributed by atoms with Crippen molar-refractivity contribution in [2.24, 2.45) is 0 Å². The molecule has 0 N–H and O–H groups in total. The third kappa shape index (κ3) is 10.2. The first kappa shape index (κ1) is 13.8. The Bertz CT molecular complexity index is 118. The average molecular weight is 184 g/mol. The van der Waals surface area contributed by atoms with Crippen molar-refractivity contribution >= 4 is 0 Å². The maximum absolute atomic E-state index is 3.60. The Labute approximate surface area is 85.7 Å². The summed E-state index contributed by atoms with van der Waals surface area (Å²) in [6.07, 6.45) is 10.5. The Morgan fingerprint density at radius 1 is 1.64 bits per heavy atom. The predicted octanol–water partition coefficient (Wildman–Crippen LogP) is 3.31. The van der Waals surface area contributed by atoms with Crippen LogP contribution >= 0.6 is 0 Å². The monoisotopic (exact) mass is 184 g/mol. The topological polar surface area (TPSA) is 0 Å². The van der Waals surface area contributed by atoms with Crippen LogP contribution in [0.4, 0.5) is 0 Å². The molecular formula is C10H16Ti. The van der Waals surface area contributed by atoms with Crippen LogP contribution in [0, 0.1) is 13.0 Å². The average Bonchev–Trinajstić information content (AvgIpc) is 2.40. The van der Waals surface area contributed by atoms with Gasteiger partial charge in [-0.3, -0.25) is 6.08 Å². The van der Waals surface area contributed by atoms with Crippen molar-refractivity contribution in [1.29, 1.82) is 0 Å². The molecule has 0 saturated heterocycles. The minimum Gasteiger partial charge on any atom is -0.343 e. The Hall–Kier alpha value is 0.194. The van der Waals surface area contributed by atoms with Gasteiger partial charge in [-0.05, 0) is 0 Å². The van der Waals surface area contributed by atoms with Crippen molar-refractivity contribution in [1.82, 2.24) is 0 Å². The molecule has 60 valence electrons. The van der Waals surface area contributed by atoms with Crippen LogP contribution in [-0.4, -0.2) is 0 Å². The Balaban J connectivity index is 0. The molecule has 0 amide bonds. The molecule has 0 aromatic carbocycles. The van der Waals surface area contributed by atoms with Crippen LogP contribution in [0.15, 0.2) is 17.7 Å². The second kappa shape index (κ2) is 10.2. The van der Waals surface area contributed by atoms with Crippen LogP contribution in [0.3, 0.4) is 0 Å². The molecule has 0 nitrogen and oxygen atoms in total. The minimum atomic E-state index is 0. The Morgan fingerprint density at radius 3 is 2.27 bits per heavy atom. The van der Waals surface area contributed by atoms with Crippen molar-refractivity contribution in [2.45, 2.75) is 33.1 Å². The van der Waals surface area contributed by atoms with E-state index in [4.69, 9.17) is 0 Å². The van der Waals surface area contributed by atoms with Crippen molar-refractivity contribution in [3.8, 4) is 0 Å². The van der Waals surface area contributed by atoms with Crippen LogP contribution in [-0.2, 0) is 21.7 Å². The molecule has 1 rings (SSSR count). The van der Waals surface area contributed by atoms with Gasteiger partial charge in [-0.25, -0.2) is 11.6 Å². The summed E-state index contributed by atoms with van der Waals surface area (Å²) in [6.45, 7) is 7.81. The van der Waals surface area contributed by atoms with E-state index in [-0.39, 0.29) is 21.7 Å². The molecule has 0 aromatic heterocycles. The SMILES string of the molecule is CC1=CC[C-]=C1.[CH2-]CCC.[Ti+2]. The van der Waals surface area contributed by atoms with Gasteiger partial charge in [-0.15, -0.1) is 13.3 Å². The first-order chi connectivity index (χ1) is 4.81.